The summed E-state index contributed by atoms with van der Waals surface area (Å²) in [5.74, 6) is -0.493. The van der Waals surface area contributed by atoms with Crippen molar-refractivity contribution in [3.05, 3.63) is 18.1 Å². The van der Waals surface area contributed by atoms with Crippen LogP contribution in [0.3, 0.4) is 0 Å². The van der Waals surface area contributed by atoms with Crippen LogP contribution in [-0.2, 0) is 4.74 Å². The van der Waals surface area contributed by atoms with E-state index in [9.17, 15) is 4.79 Å². The fraction of sp³-hybridized carbons (Fsp3) is 0.500. The molecule has 0 bridgehead atoms. The molecule has 0 amide bonds. The van der Waals surface area contributed by atoms with Crippen molar-refractivity contribution in [1.29, 1.82) is 0 Å². The first kappa shape index (κ1) is 12.9. The highest BCUT2D eigenvalue weighted by Crippen LogP contribution is 2.21. The number of aliphatic hydroxyl groups is 1. The Bertz CT molecular complexity index is 342. The molecule has 0 aliphatic heterocycles. The Kier molecular flexibility index (Phi) is 5.21. The van der Waals surface area contributed by atoms with Crippen LogP contribution in [0.1, 0.15) is 23.8 Å². The molecule has 6 heteroatoms. The van der Waals surface area contributed by atoms with Crippen molar-refractivity contribution < 1.29 is 14.6 Å². The molecule has 0 fully saturated rings. The molecule has 0 radical (unpaired) electrons. The third kappa shape index (κ3) is 3.79. The van der Waals surface area contributed by atoms with Gasteiger partial charge in [0.1, 0.15) is 5.03 Å². The van der Waals surface area contributed by atoms with Gasteiger partial charge < -0.3 is 9.84 Å². The predicted octanol–water partition coefficient (Wildman–Crippen LogP) is 1.13. The zero-order chi connectivity index (χ0) is 12.0. The van der Waals surface area contributed by atoms with Crippen molar-refractivity contribution in [3.63, 3.8) is 0 Å². The molecule has 1 N–H and O–H groups in total. The molecule has 1 rings (SSSR count). The molecule has 0 aliphatic carbocycles. The van der Waals surface area contributed by atoms with Crippen LogP contribution in [0.25, 0.3) is 0 Å². The first-order chi connectivity index (χ1) is 7.67. The molecule has 1 aromatic heterocycles. The smallest absolute Gasteiger partial charge is 0.358 e. The molecular formula is C10H14N2O3S. The van der Waals surface area contributed by atoms with Crippen molar-refractivity contribution in [1.82, 2.24) is 9.97 Å². The average molecular weight is 242 g/mol. The van der Waals surface area contributed by atoms with E-state index in [-0.39, 0.29) is 17.6 Å². The number of aromatic nitrogens is 2. The predicted molar refractivity (Wildman–Crippen MR) is 60.4 cm³/mol. The zero-order valence-electron chi connectivity index (χ0n) is 9.21. The number of esters is 1. The van der Waals surface area contributed by atoms with Crippen LogP contribution in [-0.4, -0.2) is 40.0 Å². The molecule has 0 spiro atoms. The Balaban J connectivity index is 2.61. The van der Waals surface area contributed by atoms with Crippen molar-refractivity contribution in [2.24, 2.45) is 0 Å². The zero-order valence-corrected chi connectivity index (χ0v) is 10.0. The van der Waals surface area contributed by atoms with E-state index in [0.29, 0.717) is 6.42 Å². The minimum atomic E-state index is -0.493. The first-order valence-electron chi connectivity index (χ1n) is 4.85. The maximum absolute atomic E-state index is 11.1. The van der Waals surface area contributed by atoms with E-state index in [2.05, 4.69) is 14.7 Å². The van der Waals surface area contributed by atoms with Crippen LogP contribution >= 0.6 is 11.8 Å². The minimum Gasteiger partial charge on any atom is -0.464 e. The highest BCUT2D eigenvalue weighted by Gasteiger charge is 2.09. The summed E-state index contributed by atoms with van der Waals surface area (Å²) in [5, 5.41) is 9.75. The number of methoxy groups -OCH3 is 1. The Morgan fingerprint density at radius 3 is 2.81 bits per heavy atom. The van der Waals surface area contributed by atoms with Gasteiger partial charge in [-0.1, -0.05) is 6.92 Å². The molecule has 0 aliphatic rings. The number of rotatable bonds is 5. The van der Waals surface area contributed by atoms with Crippen molar-refractivity contribution in [2.75, 3.05) is 13.7 Å². The molecule has 88 valence electrons. The molecule has 0 saturated heterocycles. The molecule has 16 heavy (non-hydrogen) atoms. The molecule has 1 unspecified atom stereocenters. The van der Waals surface area contributed by atoms with E-state index < -0.39 is 5.97 Å². The van der Waals surface area contributed by atoms with E-state index in [1.165, 1.54) is 31.3 Å². The van der Waals surface area contributed by atoms with Crippen molar-refractivity contribution >= 4 is 17.7 Å². The van der Waals surface area contributed by atoms with Gasteiger partial charge in [-0.3, -0.25) is 0 Å². The molecule has 1 heterocycles. The van der Waals surface area contributed by atoms with Gasteiger partial charge in [0.2, 0.25) is 0 Å². The Labute approximate surface area is 98.3 Å². The van der Waals surface area contributed by atoms with Gasteiger partial charge in [-0.2, -0.15) is 0 Å². The molecular weight excluding hydrogens is 228 g/mol. The minimum absolute atomic E-state index is 0.155. The second-order valence-electron chi connectivity index (χ2n) is 3.17. The number of hydrogen-bond donors (Lipinski definition) is 1. The highest BCUT2D eigenvalue weighted by molar-refractivity contribution is 7.99. The number of thioether (sulfide) groups is 1. The monoisotopic (exact) mass is 242 g/mol. The van der Waals surface area contributed by atoms with Gasteiger partial charge in [-0.15, -0.1) is 11.8 Å². The SMILES string of the molecule is COC(=O)c1cnc(SC(C)CCO)cn1. The second kappa shape index (κ2) is 6.44. The average Bonchev–Trinajstić information content (AvgIpc) is 2.29. The lowest BCUT2D eigenvalue weighted by Gasteiger charge is -2.07. The molecule has 5 nitrogen and oxygen atoms in total. The fourth-order valence-corrected chi connectivity index (χ4v) is 1.90. The summed E-state index contributed by atoms with van der Waals surface area (Å²) < 4.78 is 4.51. The van der Waals surface area contributed by atoms with Gasteiger partial charge in [0.15, 0.2) is 5.69 Å². The number of aliphatic hydroxyl groups excluding tert-OH is 1. The summed E-state index contributed by atoms with van der Waals surface area (Å²) in [6.07, 6.45) is 3.62. The van der Waals surface area contributed by atoms with Gasteiger partial charge in [0, 0.05) is 11.9 Å². The Morgan fingerprint density at radius 1 is 1.56 bits per heavy atom. The van der Waals surface area contributed by atoms with E-state index in [4.69, 9.17) is 5.11 Å². The van der Waals surface area contributed by atoms with Crippen LogP contribution in [0.2, 0.25) is 0 Å². The van der Waals surface area contributed by atoms with Gasteiger partial charge in [0.25, 0.3) is 0 Å². The van der Waals surface area contributed by atoms with E-state index in [0.717, 1.165) is 5.03 Å². The maximum Gasteiger partial charge on any atom is 0.358 e. The number of hydrogen-bond acceptors (Lipinski definition) is 6. The number of carbonyl (C=O) groups excluding carboxylic acids is 1. The van der Waals surface area contributed by atoms with Crippen LogP contribution in [0.4, 0.5) is 0 Å². The van der Waals surface area contributed by atoms with Crippen molar-refractivity contribution in [3.8, 4) is 0 Å². The van der Waals surface area contributed by atoms with Crippen molar-refractivity contribution in [2.45, 2.75) is 23.6 Å². The molecule has 0 saturated carbocycles. The third-order valence-electron chi connectivity index (χ3n) is 1.88. The quantitative estimate of drug-likeness (QED) is 0.616. The number of ether oxygens (including phenoxy) is 1. The summed E-state index contributed by atoms with van der Waals surface area (Å²) in [4.78, 5) is 19.1. The maximum atomic E-state index is 11.1. The van der Waals surface area contributed by atoms with Crippen LogP contribution in [0.15, 0.2) is 17.4 Å². The largest absolute Gasteiger partial charge is 0.464 e. The molecule has 1 atom stereocenters. The Morgan fingerprint density at radius 2 is 2.31 bits per heavy atom. The van der Waals surface area contributed by atoms with Crippen LogP contribution in [0, 0.1) is 0 Å². The van der Waals surface area contributed by atoms with Crippen LogP contribution in [0.5, 0.6) is 0 Å². The highest BCUT2D eigenvalue weighted by atomic mass is 32.2. The molecule has 0 aromatic carbocycles. The second-order valence-corrected chi connectivity index (χ2v) is 4.63. The fourth-order valence-electron chi connectivity index (χ4n) is 1.03. The van der Waals surface area contributed by atoms with Gasteiger partial charge >= 0.3 is 5.97 Å². The number of nitrogens with zero attached hydrogens (tertiary/aromatic N) is 2. The summed E-state index contributed by atoms with van der Waals surface area (Å²) in [6, 6.07) is 0. The van der Waals surface area contributed by atoms with E-state index >= 15 is 0 Å². The van der Waals surface area contributed by atoms with E-state index in [1.54, 1.807) is 0 Å². The number of carbonyl (C=O) groups is 1. The lowest BCUT2D eigenvalue weighted by molar-refractivity contribution is 0.0593. The lowest BCUT2D eigenvalue weighted by atomic mass is 10.3. The first-order valence-corrected chi connectivity index (χ1v) is 5.73. The van der Waals surface area contributed by atoms with Crippen LogP contribution < -0.4 is 0 Å². The summed E-state index contributed by atoms with van der Waals surface area (Å²) in [5.41, 5.74) is 0.196. The lowest BCUT2D eigenvalue weighted by Crippen LogP contribution is -2.05. The van der Waals surface area contributed by atoms with Gasteiger partial charge in [0.05, 0.1) is 19.5 Å². The summed E-state index contributed by atoms with van der Waals surface area (Å²) in [6.45, 7) is 2.15. The Hall–Kier alpha value is -1.14. The molecule has 1 aromatic rings. The topological polar surface area (TPSA) is 72.3 Å². The normalized spacial score (nSPS) is 12.2. The summed E-state index contributed by atoms with van der Waals surface area (Å²) >= 11 is 1.51. The third-order valence-corrected chi connectivity index (χ3v) is 2.97. The van der Waals surface area contributed by atoms with E-state index in [1.807, 2.05) is 6.92 Å². The standard InChI is InChI=1S/C10H14N2O3S/c1-7(3-4-13)16-9-6-11-8(5-12-9)10(14)15-2/h5-7,13H,3-4H2,1-2H3. The van der Waals surface area contributed by atoms with Gasteiger partial charge in [-0.05, 0) is 6.42 Å². The van der Waals surface area contributed by atoms with Gasteiger partial charge in [-0.25, -0.2) is 14.8 Å². The summed E-state index contributed by atoms with van der Waals surface area (Å²) in [7, 11) is 1.30.